The highest BCUT2D eigenvalue weighted by atomic mass is 16.2. The van der Waals surface area contributed by atoms with Crippen LogP contribution >= 0.6 is 0 Å². The van der Waals surface area contributed by atoms with Gasteiger partial charge in [-0.25, -0.2) is 14.7 Å². The molecule has 2 aromatic heterocycles. The molecular formula is C15H15N5O. The van der Waals surface area contributed by atoms with Gasteiger partial charge >= 0.3 is 0 Å². The van der Waals surface area contributed by atoms with Crippen LogP contribution in [0, 0.1) is 17.2 Å². The molecule has 0 aromatic carbocycles. The van der Waals surface area contributed by atoms with Crippen molar-refractivity contribution in [3.63, 3.8) is 0 Å². The van der Waals surface area contributed by atoms with Crippen LogP contribution in [-0.4, -0.2) is 27.1 Å². The third-order valence-corrected chi connectivity index (χ3v) is 3.50. The molecule has 0 unspecified atom stereocenters. The quantitative estimate of drug-likeness (QED) is 0.855. The number of imidazole rings is 1. The van der Waals surface area contributed by atoms with E-state index in [1.165, 1.54) is 6.92 Å². The second-order valence-electron chi connectivity index (χ2n) is 5.19. The van der Waals surface area contributed by atoms with Crippen molar-refractivity contribution in [3.8, 4) is 17.3 Å². The Morgan fingerprint density at radius 3 is 2.95 bits per heavy atom. The molecule has 2 aromatic rings. The van der Waals surface area contributed by atoms with Gasteiger partial charge in [-0.15, -0.1) is 0 Å². The molecule has 2 heterocycles. The highest BCUT2D eigenvalue weighted by molar-refractivity contribution is 5.84. The van der Waals surface area contributed by atoms with Gasteiger partial charge in [-0.05, 0) is 30.9 Å². The van der Waals surface area contributed by atoms with E-state index in [-0.39, 0.29) is 11.7 Å². The lowest BCUT2D eigenvalue weighted by atomic mass is 10.2. The minimum absolute atomic E-state index is 0.0893. The van der Waals surface area contributed by atoms with Crippen LogP contribution in [0.25, 0.3) is 11.3 Å². The number of pyridine rings is 1. The lowest BCUT2D eigenvalue weighted by Gasteiger charge is -2.22. The van der Waals surface area contributed by atoms with E-state index in [2.05, 4.69) is 16.0 Å². The molecule has 0 spiro atoms. The van der Waals surface area contributed by atoms with Gasteiger partial charge in [0.25, 0.3) is 0 Å². The highest BCUT2D eigenvalue weighted by Crippen LogP contribution is 2.30. The van der Waals surface area contributed by atoms with Crippen LogP contribution in [-0.2, 0) is 4.79 Å². The van der Waals surface area contributed by atoms with Crippen molar-refractivity contribution in [2.75, 3.05) is 11.6 Å². The third-order valence-electron chi connectivity index (χ3n) is 3.50. The lowest BCUT2D eigenvalue weighted by molar-refractivity contribution is -0.118. The average molecular weight is 281 g/mol. The minimum Gasteiger partial charge on any atom is -0.273 e. The Morgan fingerprint density at radius 1 is 1.57 bits per heavy atom. The van der Waals surface area contributed by atoms with Crippen LogP contribution in [0.15, 0.2) is 30.7 Å². The first kappa shape index (κ1) is 13.3. The van der Waals surface area contributed by atoms with Crippen molar-refractivity contribution < 1.29 is 4.79 Å². The van der Waals surface area contributed by atoms with Crippen LogP contribution in [0.5, 0.6) is 0 Å². The van der Waals surface area contributed by atoms with Crippen LogP contribution in [0.3, 0.4) is 0 Å². The van der Waals surface area contributed by atoms with Crippen LogP contribution in [0.1, 0.15) is 25.6 Å². The molecule has 106 valence electrons. The van der Waals surface area contributed by atoms with Crippen molar-refractivity contribution in [1.29, 1.82) is 5.26 Å². The zero-order chi connectivity index (χ0) is 14.8. The van der Waals surface area contributed by atoms with Crippen molar-refractivity contribution in [2.24, 2.45) is 5.92 Å². The molecule has 0 radical (unpaired) electrons. The Bertz CT molecular complexity index is 697. The highest BCUT2D eigenvalue weighted by Gasteiger charge is 2.28. The van der Waals surface area contributed by atoms with Gasteiger partial charge in [-0.3, -0.25) is 9.78 Å². The van der Waals surface area contributed by atoms with E-state index in [1.54, 1.807) is 28.3 Å². The predicted octanol–water partition coefficient (Wildman–Crippen LogP) is 1.71. The molecule has 6 nitrogen and oxygen atoms in total. The maximum Gasteiger partial charge on any atom is 0.238 e. The zero-order valence-electron chi connectivity index (χ0n) is 11.7. The maximum absolute atomic E-state index is 11.9. The van der Waals surface area contributed by atoms with Crippen molar-refractivity contribution in [1.82, 2.24) is 14.6 Å². The van der Waals surface area contributed by atoms with Crippen molar-refractivity contribution in [2.45, 2.75) is 19.8 Å². The summed E-state index contributed by atoms with van der Waals surface area (Å²) in [4.78, 5) is 20.2. The topological polar surface area (TPSA) is 74.8 Å². The number of amides is 1. The molecule has 1 amide bonds. The fourth-order valence-corrected chi connectivity index (χ4v) is 2.20. The number of hydrogen-bond donors (Lipinski definition) is 0. The van der Waals surface area contributed by atoms with Crippen molar-refractivity contribution >= 4 is 5.91 Å². The second kappa shape index (κ2) is 5.37. The van der Waals surface area contributed by atoms with Gasteiger partial charge in [0.1, 0.15) is 6.07 Å². The number of rotatable bonds is 4. The molecule has 0 N–H and O–H groups in total. The standard InChI is InChI=1S/C15H15N5O/c1-11(21)19(9-12-4-5-12)20-10-14(18-15(20)7-16)13-3-2-6-17-8-13/h2-3,6,8,10,12H,4-5,9H2,1H3. The Morgan fingerprint density at radius 2 is 2.38 bits per heavy atom. The normalized spacial score (nSPS) is 13.7. The minimum atomic E-state index is -0.0893. The summed E-state index contributed by atoms with van der Waals surface area (Å²) < 4.78 is 1.56. The zero-order valence-corrected chi connectivity index (χ0v) is 11.7. The molecule has 0 bridgehead atoms. The molecule has 3 rings (SSSR count). The molecule has 1 aliphatic rings. The second-order valence-corrected chi connectivity index (χ2v) is 5.19. The first-order valence-corrected chi connectivity index (χ1v) is 6.87. The van der Waals surface area contributed by atoms with Crippen LogP contribution in [0.4, 0.5) is 0 Å². The summed E-state index contributed by atoms with van der Waals surface area (Å²) >= 11 is 0. The van der Waals surface area contributed by atoms with E-state index in [0.29, 0.717) is 18.2 Å². The molecule has 1 fully saturated rings. The van der Waals surface area contributed by atoms with E-state index >= 15 is 0 Å². The monoisotopic (exact) mass is 281 g/mol. The largest absolute Gasteiger partial charge is 0.273 e. The van der Waals surface area contributed by atoms with Crippen molar-refractivity contribution in [3.05, 3.63) is 36.5 Å². The van der Waals surface area contributed by atoms with Gasteiger partial charge in [0.15, 0.2) is 0 Å². The van der Waals surface area contributed by atoms with E-state index in [9.17, 15) is 10.1 Å². The summed E-state index contributed by atoms with van der Waals surface area (Å²) in [7, 11) is 0. The van der Waals surface area contributed by atoms with Crippen LogP contribution < -0.4 is 5.01 Å². The van der Waals surface area contributed by atoms with Gasteiger partial charge in [0, 0.05) is 31.4 Å². The fourth-order valence-electron chi connectivity index (χ4n) is 2.20. The number of carbonyl (C=O) groups is 1. The smallest absolute Gasteiger partial charge is 0.238 e. The molecule has 1 saturated carbocycles. The molecule has 0 aliphatic heterocycles. The summed E-state index contributed by atoms with van der Waals surface area (Å²) in [5.74, 6) is 0.655. The predicted molar refractivity (Wildman–Crippen MR) is 76.7 cm³/mol. The first-order valence-electron chi connectivity index (χ1n) is 6.87. The summed E-state index contributed by atoms with van der Waals surface area (Å²) in [5, 5.41) is 10.9. The first-order chi connectivity index (χ1) is 10.2. The number of nitrogens with zero attached hydrogens (tertiary/aromatic N) is 5. The molecule has 6 heteroatoms. The number of carbonyl (C=O) groups excluding carboxylic acids is 1. The number of nitriles is 1. The molecular weight excluding hydrogens is 266 g/mol. The van der Waals surface area contributed by atoms with E-state index in [1.807, 2.05) is 12.1 Å². The summed E-state index contributed by atoms with van der Waals surface area (Å²) in [6.07, 6.45) is 7.36. The number of aromatic nitrogens is 3. The van der Waals surface area contributed by atoms with Gasteiger partial charge in [0.2, 0.25) is 11.7 Å². The van der Waals surface area contributed by atoms with Gasteiger partial charge < -0.3 is 0 Å². The average Bonchev–Trinajstić information content (AvgIpc) is 3.22. The SMILES string of the molecule is CC(=O)N(CC1CC1)n1cc(-c2cccnc2)nc1C#N. The van der Waals surface area contributed by atoms with E-state index in [0.717, 1.165) is 18.4 Å². The Kier molecular flexibility index (Phi) is 3.40. The van der Waals surface area contributed by atoms with E-state index in [4.69, 9.17) is 0 Å². The lowest BCUT2D eigenvalue weighted by Crippen LogP contribution is -2.40. The van der Waals surface area contributed by atoms with Gasteiger partial charge in [0.05, 0.1) is 11.9 Å². The maximum atomic E-state index is 11.9. The van der Waals surface area contributed by atoms with Gasteiger partial charge in [-0.2, -0.15) is 5.26 Å². The van der Waals surface area contributed by atoms with Crippen LogP contribution in [0.2, 0.25) is 0 Å². The molecule has 21 heavy (non-hydrogen) atoms. The third kappa shape index (κ3) is 2.77. The Hall–Kier alpha value is -2.68. The molecule has 1 aliphatic carbocycles. The Balaban J connectivity index is 1.99. The summed E-state index contributed by atoms with van der Waals surface area (Å²) in [6.45, 7) is 2.14. The Labute approximate surface area is 122 Å². The van der Waals surface area contributed by atoms with Gasteiger partial charge in [-0.1, -0.05) is 0 Å². The summed E-state index contributed by atoms with van der Waals surface area (Å²) in [5.41, 5.74) is 1.46. The molecule has 0 saturated heterocycles. The van der Waals surface area contributed by atoms with E-state index < -0.39 is 0 Å². The summed E-state index contributed by atoms with van der Waals surface area (Å²) in [6, 6.07) is 5.74. The molecule has 0 atom stereocenters. The number of hydrogen-bond acceptors (Lipinski definition) is 4. The fraction of sp³-hybridized carbons (Fsp3) is 0.333.